The highest BCUT2D eigenvalue weighted by Gasteiger charge is 2.25. The zero-order valence-corrected chi connectivity index (χ0v) is 17.4. The SMILES string of the molecule is CC1=C(CC(=O)NCC(=O)O)c2cc(C#N)ccc2C1=Cc1ccc([S+](C)[O-])cc1. The van der Waals surface area contributed by atoms with E-state index in [0.717, 1.165) is 38.3 Å². The van der Waals surface area contributed by atoms with Crippen molar-refractivity contribution in [3.8, 4) is 6.07 Å². The molecule has 0 bridgehead atoms. The molecule has 1 amide bonds. The number of carbonyl (C=O) groups excluding carboxylic acids is 1. The summed E-state index contributed by atoms with van der Waals surface area (Å²) < 4.78 is 11.6. The van der Waals surface area contributed by atoms with Gasteiger partial charge in [0, 0.05) is 0 Å². The molecule has 0 spiro atoms. The zero-order valence-electron chi connectivity index (χ0n) is 16.6. The highest BCUT2D eigenvalue weighted by Crippen LogP contribution is 2.43. The van der Waals surface area contributed by atoms with Gasteiger partial charge in [0.2, 0.25) is 5.91 Å². The van der Waals surface area contributed by atoms with Gasteiger partial charge in [-0.25, -0.2) is 0 Å². The summed E-state index contributed by atoms with van der Waals surface area (Å²) in [6.07, 6.45) is 3.64. The summed E-state index contributed by atoms with van der Waals surface area (Å²) in [5.41, 5.74) is 5.72. The molecule has 2 aromatic carbocycles. The fourth-order valence-electron chi connectivity index (χ4n) is 3.40. The minimum atomic E-state index is -1.11. The van der Waals surface area contributed by atoms with Crippen molar-refractivity contribution in [1.29, 1.82) is 5.26 Å². The van der Waals surface area contributed by atoms with Crippen LogP contribution in [0.15, 0.2) is 52.9 Å². The van der Waals surface area contributed by atoms with Gasteiger partial charge in [-0.15, -0.1) is 0 Å². The molecule has 0 aromatic heterocycles. The molecule has 30 heavy (non-hydrogen) atoms. The molecule has 0 aliphatic heterocycles. The molecule has 3 rings (SSSR count). The first-order valence-corrected chi connectivity index (χ1v) is 10.7. The fourth-order valence-corrected chi connectivity index (χ4v) is 3.92. The van der Waals surface area contributed by atoms with Crippen molar-refractivity contribution in [2.24, 2.45) is 0 Å². The minimum Gasteiger partial charge on any atom is -0.612 e. The Labute approximate surface area is 177 Å². The predicted molar refractivity (Wildman–Crippen MR) is 116 cm³/mol. The number of hydrogen-bond acceptors (Lipinski definition) is 4. The lowest BCUT2D eigenvalue weighted by atomic mass is 9.99. The summed E-state index contributed by atoms with van der Waals surface area (Å²) in [6, 6.07) is 14.9. The summed E-state index contributed by atoms with van der Waals surface area (Å²) in [7, 11) is 0. The standard InChI is InChI=1S/C23H20N2O4S/c1-14-19(9-15-3-6-17(7-4-15)30(2)29)18-8-5-16(12-24)10-21(18)20(14)11-22(26)25-13-23(27)28/h3-10H,11,13H2,1-2H3,(H,25,26)(H,27,28). The maximum Gasteiger partial charge on any atom is 0.322 e. The smallest absolute Gasteiger partial charge is 0.322 e. The molecule has 1 atom stereocenters. The van der Waals surface area contributed by atoms with Gasteiger partial charge in [0.05, 0.1) is 18.1 Å². The topological polar surface area (TPSA) is 113 Å². The van der Waals surface area contributed by atoms with Gasteiger partial charge in [-0.05, 0) is 94.0 Å². The summed E-state index contributed by atoms with van der Waals surface area (Å²) in [4.78, 5) is 23.7. The Kier molecular flexibility index (Phi) is 6.40. The van der Waals surface area contributed by atoms with E-state index in [1.54, 1.807) is 18.4 Å². The van der Waals surface area contributed by atoms with Crippen LogP contribution in [0, 0.1) is 11.3 Å². The largest absolute Gasteiger partial charge is 0.612 e. The van der Waals surface area contributed by atoms with Crippen LogP contribution in [-0.2, 0) is 20.8 Å². The summed E-state index contributed by atoms with van der Waals surface area (Å²) in [5, 5.41) is 20.4. The monoisotopic (exact) mass is 420 g/mol. The molecule has 1 aliphatic rings. The van der Waals surface area contributed by atoms with E-state index in [0.29, 0.717) is 5.56 Å². The Morgan fingerprint density at radius 1 is 1.20 bits per heavy atom. The van der Waals surface area contributed by atoms with Crippen LogP contribution < -0.4 is 5.32 Å². The number of benzene rings is 2. The molecule has 2 aromatic rings. The Hall–Kier alpha value is -3.34. The molecule has 1 aliphatic carbocycles. The Bertz CT molecular complexity index is 1110. The maximum absolute atomic E-state index is 12.3. The van der Waals surface area contributed by atoms with Crippen molar-refractivity contribution in [3.63, 3.8) is 0 Å². The minimum absolute atomic E-state index is 0.0199. The van der Waals surface area contributed by atoms with E-state index >= 15 is 0 Å². The van der Waals surface area contributed by atoms with Gasteiger partial charge in [0.1, 0.15) is 12.8 Å². The predicted octanol–water partition coefficient (Wildman–Crippen LogP) is 3.21. The second-order valence-corrected chi connectivity index (χ2v) is 8.28. The van der Waals surface area contributed by atoms with E-state index in [1.165, 1.54) is 0 Å². The molecular formula is C23H20N2O4S. The molecule has 1 unspecified atom stereocenters. The number of nitrogens with one attached hydrogen (secondary N) is 1. The van der Waals surface area contributed by atoms with E-state index in [1.807, 2.05) is 43.3 Å². The van der Waals surface area contributed by atoms with E-state index in [-0.39, 0.29) is 6.42 Å². The van der Waals surface area contributed by atoms with Gasteiger partial charge in [-0.1, -0.05) is 6.07 Å². The molecule has 0 saturated carbocycles. The van der Waals surface area contributed by atoms with Gasteiger partial charge in [-0.3, -0.25) is 9.59 Å². The van der Waals surface area contributed by atoms with E-state index < -0.39 is 29.6 Å². The van der Waals surface area contributed by atoms with E-state index in [2.05, 4.69) is 11.4 Å². The van der Waals surface area contributed by atoms with Crippen LogP contribution in [0.5, 0.6) is 0 Å². The van der Waals surface area contributed by atoms with E-state index in [4.69, 9.17) is 5.11 Å². The van der Waals surface area contributed by atoms with Gasteiger partial charge in [0.15, 0.2) is 4.90 Å². The normalized spacial score (nSPS) is 14.9. The molecule has 7 heteroatoms. The third-order valence-electron chi connectivity index (χ3n) is 4.92. The van der Waals surface area contributed by atoms with Crippen LogP contribution in [0.25, 0.3) is 17.2 Å². The molecule has 0 radical (unpaired) electrons. The Balaban J connectivity index is 2.01. The number of carboxylic acids is 1. The number of hydrogen-bond donors (Lipinski definition) is 2. The van der Waals surface area contributed by atoms with Crippen molar-refractivity contribution in [3.05, 3.63) is 70.3 Å². The number of aliphatic carboxylic acids is 1. The molecular weight excluding hydrogens is 400 g/mol. The van der Waals surface area contributed by atoms with Crippen molar-refractivity contribution in [1.82, 2.24) is 5.32 Å². The molecule has 2 N–H and O–H groups in total. The fraction of sp³-hybridized carbons (Fsp3) is 0.174. The molecule has 0 heterocycles. The van der Waals surface area contributed by atoms with Crippen LogP contribution >= 0.6 is 0 Å². The number of carbonyl (C=O) groups is 2. The highest BCUT2D eigenvalue weighted by atomic mass is 32.2. The van der Waals surface area contributed by atoms with Crippen molar-refractivity contribution in [2.45, 2.75) is 18.2 Å². The third kappa shape index (κ3) is 4.62. The number of nitriles is 1. The second kappa shape index (κ2) is 8.99. The molecule has 6 nitrogen and oxygen atoms in total. The first-order valence-electron chi connectivity index (χ1n) is 9.19. The zero-order chi connectivity index (χ0) is 21.8. The van der Waals surface area contributed by atoms with Crippen LogP contribution in [0.3, 0.4) is 0 Å². The Morgan fingerprint density at radius 2 is 1.90 bits per heavy atom. The average molecular weight is 420 g/mol. The lowest BCUT2D eigenvalue weighted by Crippen LogP contribution is -2.29. The number of nitrogens with zero attached hydrogens (tertiary/aromatic N) is 1. The summed E-state index contributed by atoms with van der Waals surface area (Å²) in [6.45, 7) is 1.47. The number of fused-ring (bicyclic) bond motifs is 1. The number of amides is 1. The van der Waals surface area contributed by atoms with Crippen LogP contribution in [0.4, 0.5) is 0 Å². The molecule has 0 saturated heterocycles. The molecule has 0 fully saturated rings. The van der Waals surface area contributed by atoms with Crippen molar-refractivity contribution >= 4 is 40.3 Å². The second-order valence-electron chi connectivity index (χ2n) is 6.90. The quantitative estimate of drug-likeness (QED) is 0.697. The number of rotatable bonds is 6. The maximum atomic E-state index is 12.3. The lowest BCUT2D eigenvalue weighted by molar-refractivity contribution is -0.137. The lowest BCUT2D eigenvalue weighted by Gasteiger charge is -2.07. The van der Waals surface area contributed by atoms with Crippen molar-refractivity contribution in [2.75, 3.05) is 12.8 Å². The van der Waals surface area contributed by atoms with Gasteiger partial charge in [-0.2, -0.15) is 5.26 Å². The van der Waals surface area contributed by atoms with Gasteiger partial charge in [0.25, 0.3) is 0 Å². The third-order valence-corrected chi connectivity index (χ3v) is 5.85. The number of allylic oxidation sites excluding steroid dienone is 2. The average Bonchev–Trinajstić information content (AvgIpc) is 2.97. The number of carboxylic acid groups (broad SMARTS) is 1. The summed E-state index contributed by atoms with van der Waals surface area (Å²) in [5.74, 6) is -1.50. The highest BCUT2D eigenvalue weighted by molar-refractivity contribution is 7.90. The first kappa shape index (κ1) is 21.4. The van der Waals surface area contributed by atoms with Crippen LogP contribution in [0.2, 0.25) is 0 Å². The molecule has 152 valence electrons. The Morgan fingerprint density at radius 3 is 2.50 bits per heavy atom. The van der Waals surface area contributed by atoms with Gasteiger partial charge >= 0.3 is 5.97 Å². The van der Waals surface area contributed by atoms with Crippen LogP contribution in [0.1, 0.15) is 35.6 Å². The summed E-state index contributed by atoms with van der Waals surface area (Å²) >= 11 is -1.05. The van der Waals surface area contributed by atoms with Crippen LogP contribution in [-0.4, -0.2) is 34.3 Å². The van der Waals surface area contributed by atoms with Crippen molar-refractivity contribution < 1.29 is 19.2 Å². The first-order chi connectivity index (χ1) is 14.3. The van der Waals surface area contributed by atoms with E-state index in [9.17, 15) is 19.4 Å². The van der Waals surface area contributed by atoms with Gasteiger partial charge < -0.3 is 15.0 Å².